The predicted molar refractivity (Wildman–Crippen MR) is 129 cm³/mol. The number of carbonyl (C=O) groups excluding carboxylic acids is 3. The average molecular weight is 506 g/mol. The highest BCUT2D eigenvalue weighted by molar-refractivity contribution is 7.90. The van der Waals surface area contributed by atoms with Crippen molar-refractivity contribution in [2.75, 3.05) is 13.1 Å². The number of hydrogen-bond acceptors (Lipinski definition) is 5. The molecule has 0 saturated heterocycles. The second kappa shape index (κ2) is 10.6. The summed E-state index contributed by atoms with van der Waals surface area (Å²) in [6.07, 6.45) is -0.263. The number of sulfonamides is 1. The largest absolute Gasteiger partial charge is 0.354 e. The highest BCUT2D eigenvalue weighted by Gasteiger charge is 2.41. The van der Waals surface area contributed by atoms with E-state index in [1.807, 2.05) is 13.8 Å². The Balaban J connectivity index is 1.78. The van der Waals surface area contributed by atoms with Gasteiger partial charge in [0.1, 0.15) is 10.9 Å². The maximum Gasteiger partial charge on any atom is 0.269 e. The smallest absolute Gasteiger partial charge is 0.269 e. The predicted octanol–water partition coefficient (Wildman–Crippen LogP) is 3.06. The summed E-state index contributed by atoms with van der Waals surface area (Å²) in [6.45, 7) is 5.79. The van der Waals surface area contributed by atoms with Gasteiger partial charge in [-0.1, -0.05) is 49.7 Å². The number of hydrogen-bond donors (Lipinski definition) is 1. The lowest BCUT2D eigenvalue weighted by Crippen LogP contribution is -2.49. The lowest BCUT2D eigenvalue weighted by Gasteiger charge is -2.29. The van der Waals surface area contributed by atoms with Crippen molar-refractivity contribution in [3.8, 4) is 0 Å². The van der Waals surface area contributed by atoms with Crippen LogP contribution in [0.4, 0.5) is 0 Å². The molecule has 2 aromatic carbocycles. The standard InChI is InChI=1S/C24H28ClN3O5S/c1-16(2)14-26-23(30)17(3)27(15-18-7-6-8-19(25)13-18)22(29)11-12-28-24(31)20-9-4-5-10-21(20)34(28,32)33/h4-10,13,16-17H,11-12,14-15H2,1-3H3,(H,26,30)/t17-/m1/s1. The number of carbonyl (C=O) groups is 3. The molecule has 1 N–H and O–H groups in total. The van der Waals surface area contributed by atoms with E-state index < -0.39 is 27.9 Å². The molecule has 3 amide bonds. The van der Waals surface area contributed by atoms with Crippen molar-refractivity contribution in [3.63, 3.8) is 0 Å². The van der Waals surface area contributed by atoms with Gasteiger partial charge in [-0.15, -0.1) is 0 Å². The molecule has 1 heterocycles. The van der Waals surface area contributed by atoms with E-state index in [-0.39, 0.29) is 41.8 Å². The molecular formula is C24H28ClN3O5S. The van der Waals surface area contributed by atoms with Crippen molar-refractivity contribution in [3.05, 3.63) is 64.7 Å². The van der Waals surface area contributed by atoms with Gasteiger partial charge in [0, 0.05) is 31.1 Å². The first-order valence-corrected chi connectivity index (χ1v) is 12.8. The molecule has 3 rings (SSSR count). The Bertz CT molecular complexity index is 1200. The fourth-order valence-electron chi connectivity index (χ4n) is 3.66. The SMILES string of the molecule is CC(C)CNC(=O)[C@@H](C)N(Cc1cccc(Cl)c1)C(=O)CCN1C(=O)c2ccccc2S1(=O)=O. The van der Waals surface area contributed by atoms with Crippen LogP contribution in [-0.2, 0) is 26.2 Å². The summed E-state index contributed by atoms with van der Waals surface area (Å²) in [5.41, 5.74) is 0.814. The zero-order chi connectivity index (χ0) is 25.0. The molecule has 1 aliphatic heterocycles. The highest BCUT2D eigenvalue weighted by atomic mass is 35.5. The minimum Gasteiger partial charge on any atom is -0.354 e. The maximum atomic E-state index is 13.2. The number of amides is 3. The van der Waals surface area contributed by atoms with E-state index in [1.165, 1.54) is 17.0 Å². The van der Waals surface area contributed by atoms with Gasteiger partial charge < -0.3 is 10.2 Å². The molecule has 10 heteroatoms. The summed E-state index contributed by atoms with van der Waals surface area (Å²) in [7, 11) is -4.02. The first kappa shape index (κ1) is 25.7. The van der Waals surface area contributed by atoms with Crippen LogP contribution in [0.15, 0.2) is 53.4 Å². The van der Waals surface area contributed by atoms with Crippen LogP contribution in [0.3, 0.4) is 0 Å². The Morgan fingerprint density at radius 3 is 2.44 bits per heavy atom. The molecular weight excluding hydrogens is 478 g/mol. The second-order valence-electron chi connectivity index (χ2n) is 8.60. The van der Waals surface area contributed by atoms with Crippen LogP contribution in [0.2, 0.25) is 5.02 Å². The zero-order valence-corrected chi connectivity index (χ0v) is 20.9. The number of nitrogens with zero attached hydrogens (tertiary/aromatic N) is 2. The van der Waals surface area contributed by atoms with Gasteiger partial charge in [-0.05, 0) is 42.7 Å². The molecule has 1 atom stereocenters. The van der Waals surface area contributed by atoms with Crippen molar-refractivity contribution in [1.29, 1.82) is 0 Å². The second-order valence-corrected chi connectivity index (χ2v) is 10.9. The van der Waals surface area contributed by atoms with E-state index in [1.54, 1.807) is 43.3 Å². The number of fused-ring (bicyclic) bond motifs is 1. The van der Waals surface area contributed by atoms with Crippen molar-refractivity contribution in [1.82, 2.24) is 14.5 Å². The lowest BCUT2D eigenvalue weighted by atomic mass is 10.1. The normalized spacial score (nSPS) is 15.2. The van der Waals surface area contributed by atoms with Crippen LogP contribution < -0.4 is 5.32 Å². The molecule has 0 bridgehead atoms. The third-order valence-electron chi connectivity index (χ3n) is 5.53. The van der Waals surface area contributed by atoms with Gasteiger partial charge in [0.05, 0.1) is 5.56 Å². The molecule has 0 aromatic heterocycles. The fraction of sp³-hybridized carbons (Fsp3) is 0.375. The van der Waals surface area contributed by atoms with Crippen molar-refractivity contribution >= 4 is 39.3 Å². The third kappa shape index (κ3) is 5.59. The van der Waals surface area contributed by atoms with E-state index in [0.29, 0.717) is 11.6 Å². The van der Waals surface area contributed by atoms with Gasteiger partial charge in [0.25, 0.3) is 15.9 Å². The molecule has 0 fully saturated rings. The number of halogens is 1. The Morgan fingerprint density at radius 1 is 1.09 bits per heavy atom. The van der Waals surface area contributed by atoms with Gasteiger partial charge in [0.15, 0.2) is 0 Å². The summed E-state index contributed by atoms with van der Waals surface area (Å²) in [5, 5.41) is 3.32. The Kier molecular flexibility index (Phi) is 7.99. The topological polar surface area (TPSA) is 104 Å². The van der Waals surface area contributed by atoms with Gasteiger partial charge in [-0.2, -0.15) is 0 Å². The van der Waals surface area contributed by atoms with E-state index in [0.717, 1.165) is 9.87 Å². The van der Waals surface area contributed by atoms with E-state index >= 15 is 0 Å². The van der Waals surface area contributed by atoms with Crippen molar-refractivity contribution in [2.45, 2.75) is 44.7 Å². The molecule has 2 aromatic rings. The Hall–Kier alpha value is -2.91. The van der Waals surface area contributed by atoms with Gasteiger partial charge >= 0.3 is 0 Å². The quantitative estimate of drug-likeness (QED) is 0.564. The molecule has 0 saturated carbocycles. The van der Waals surface area contributed by atoms with Crippen molar-refractivity contribution < 1.29 is 22.8 Å². The Labute approximate surface area is 204 Å². The molecule has 0 spiro atoms. The minimum absolute atomic E-state index is 0.0651. The van der Waals surface area contributed by atoms with E-state index in [4.69, 9.17) is 11.6 Å². The average Bonchev–Trinajstić information content (AvgIpc) is 2.99. The van der Waals surface area contributed by atoms with Gasteiger partial charge in [-0.3, -0.25) is 14.4 Å². The van der Waals surface area contributed by atoms with Crippen molar-refractivity contribution in [2.24, 2.45) is 5.92 Å². The van der Waals surface area contributed by atoms with Crippen LogP contribution in [0.25, 0.3) is 0 Å². The molecule has 0 aliphatic carbocycles. The summed E-state index contributed by atoms with van der Waals surface area (Å²) < 4.78 is 26.3. The van der Waals surface area contributed by atoms with Crippen LogP contribution in [0.5, 0.6) is 0 Å². The molecule has 0 radical (unpaired) electrons. The molecule has 182 valence electrons. The third-order valence-corrected chi connectivity index (χ3v) is 7.61. The summed E-state index contributed by atoms with van der Waals surface area (Å²) in [5.74, 6) is -1.19. The fourth-order valence-corrected chi connectivity index (χ4v) is 5.44. The molecule has 1 aliphatic rings. The molecule has 8 nitrogen and oxygen atoms in total. The lowest BCUT2D eigenvalue weighted by molar-refractivity contribution is -0.140. The first-order chi connectivity index (χ1) is 16.0. The number of rotatable bonds is 9. The monoisotopic (exact) mass is 505 g/mol. The molecule has 34 heavy (non-hydrogen) atoms. The van der Waals surface area contributed by atoms with E-state index in [9.17, 15) is 22.8 Å². The van der Waals surface area contributed by atoms with Gasteiger partial charge in [0.2, 0.25) is 11.8 Å². The van der Waals surface area contributed by atoms with Crippen LogP contribution in [0.1, 0.15) is 43.1 Å². The number of benzene rings is 2. The summed E-state index contributed by atoms with van der Waals surface area (Å²) >= 11 is 6.08. The Morgan fingerprint density at radius 2 is 1.79 bits per heavy atom. The summed E-state index contributed by atoms with van der Waals surface area (Å²) in [4.78, 5) is 39.9. The zero-order valence-electron chi connectivity index (χ0n) is 19.3. The van der Waals surface area contributed by atoms with E-state index in [2.05, 4.69) is 5.32 Å². The first-order valence-electron chi connectivity index (χ1n) is 11.0. The van der Waals surface area contributed by atoms with Crippen LogP contribution in [0, 0.1) is 5.92 Å². The minimum atomic E-state index is -4.02. The summed E-state index contributed by atoms with van der Waals surface area (Å²) in [6, 6.07) is 12.1. The van der Waals surface area contributed by atoms with Crippen LogP contribution >= 0.6 is 11.6 Å². The van der Waals surface area contributed by atoms with Crippen LogP contribution in [-0.4, -0.2) is 54.5 Å². The maximum absolute atomic E-state index is 13.2. The van der Waals surface area contributed by atoms with Gasteiger partial charge in [-0.25, -0.2) is 12.7 Å². The number of nitrogens with one attached hydrogen (secondary N) is 1. The highest BCUT2D eigenvalue weighted by Crippen LogP contribution is 2.30. The molecule has 0 unspecified atom stereocenters.